The lowest BCUT2D eigenvalue weighted by Crippen LogP contribution is -2.59. The molecule has 2 aliphatic rings. The van der Waals surface area contributed by atoms with Gasteiger partial charge in [0.1, 0.15) is 6.04 Å². The van der Waals surface area contributed by atoms with Crippen molar-refractivity contribution in [2.45, 2.75) is 43.7 Å². The van der Waals surface area contributed by atoms with E-state index in [1.807, 2.05) is 0 Å². The lowest BCUT2D eigenvalue weighted by atomic mass is 9.85. The van der Waals surface area contributed by atoms with Gasteiger partial charge in [-0.3, -0.25) is 14.9 Å². The third-order valence-electron chi connectivity index (χ3n) is 3.70. The van der Waals surface area contributed by atoms with Gasteiger partial charge in [-0.15, -0.1) is 0 Å². The highest BCUT2D eigenvalue weighted by Gasteiger charge is 2.31. The van der Waals surface area contributed by atoms with Crippen molar-refractivity contribution in [1.29, 1.82) is 0 Å². The quantitative estimate of drug-likeness (QED) is 0.514. The summed E-state index contributed by atoms with van der Waals surface area (Å²) >= 11 is 0. The molecule has 1 unspecified atom stereocenters. The Bertz CT molecular complexity index is 317. The number of aliphatic hydroxyl groups is 1. The molecule has 1 aliphatic heterocycles. The van der Waals surface area contributed by atoms with Crippen molar-refractivity contribution in [2.24, 2.45) is 0 Å². The Labute approximate surface area is 107 Å². The van der Waals surface area contributed by atoms with Gasteiger partial charge in [-0.25, -0.2) is 0 Å². The lowest BCUT2D eigenvalue weighted by molar-refractivity contribution is -0.127. The molecule has 1 saturated carbocycles. The van der Waals surface area contributed by atoms with Gasteiger partial charge in [0.2, 0.25) is 11.8 Å². The molecule has 0 bridgehead atoms. The van der Waals surface area contributed by atoms with E-state index >= 15 is 0 Å². The monoisotopic (exact) mass is 255 g/mol. The number of amides is 2. The van der Waals surface area contributed by atoms with Gasteiger partial charge in [-0.1, -0.05) is 19.3 Å². The van der Waals surface area contributed by atoms with Crippen molar-refractivity contribution < 1.29 is 14.7 Å². The van der Waals surface area contributed by atoms with Crippen molar-refractivity contribution in [2.75, 3.05) is 19.6 Å². The van der Waals surface area contributed by atoms with Crippen LogP contribution in [0.2, 0.25) is 0 Å². The molecule has 2 rings (SSSR count). The molecule has 102 valence electrons. The highest BCUT2D eigenvalue weighted by molar-refractivity contribution is 5.86. The summed E-state index contributed by atoms with van der Waals surface area (Å²) in [6.45, 7) is 0.781. The maximum absolute atomic E-state index is 11.9. The summed E-state index contributed by atoms with van der Waals surface area (Å²) in [5, 5.41) is 18.5. The number of carbonyl (C=O) groups excluding carboxylic acids is 2. The molecule has 2 amide bonds. The zero-order chi connectivity index (χ0) is 13.0. The van der Waals surface area contributed by atoms with Crippen LogP contribution in [-0.2, 0) is 9.59 Å². The Kier molecular flexibility index (Phi) is 4.19. The Morgan fingerprint density at radius 3 is 2.72 bits per heavy atom. The van der Waals surface area contributed by atoms with E-state index in [2.05, 4.69) is 16.0 Å². The van der Waals surface area contributed by atoms with Crippen molar-refractivity contribution in [3.63, 3.8) is 0 Å². The minimum absolute atomic E-state index is 0.0926. The molecule has 1 heterocycles. The summed E-state index contributed by atoms with van der Waals surface area (Å²) in [5.41, 5.74) is -0.744. The van der Waals surface area contributed by atoms with E-state index in [9.17, 15) is 14.7 Å². The molecule has 18 heavy (non-hydrogen) atoms. The normalized spacial score (nSPS) is 27.4. The van der Waals surface area contributed by atoms with Crippen LogP contribution in [0.15, 0.2) is 0 Å². The van der Waals surface area contributed by atoms with E-state index in [0.717, 1.165) is 32.1 Å². The number of rotatable bonds is 3. The van der Waals surface area contributed by atoms with E-state index in [1.165, 1.54) is 0 Å². The van der Waals surface area contributed by atoms with Crippen LogP contribution in [-0.4, -0.2) is 48.2 Å². The molecule has 0 aromatic rings. The van der Waals surface area contributed by atoms with Gasteiger partial charge in [0.25, 0.3) is 0 Å². The number of hydrogen-bond acceptors (Lipinski definition) is 4. The zero-order valence-electron chi connectivity index (χ0n) is 10.5. The fraction of sp³-hybridized carbons (Fsp3) is 0.833. The van der Waals surface area contributed by atoms with Crippen LogP contribution in [0, 0.1) is 0 Å². The lowest BCUT2D eigenvalue weighted by Gasteiger charge is -2.33. The summed E-state index contributed by atoms with van der Waals surface area (Å²) < 4.78 is 0. The molecule has 1 saturated heterocycles. The predicted molar refractivity (Wildman–Crippen MR) is 65.8 cm³/mol. The van der Waals surface area contributed by atoms with E-state index in [0.29, 0.717) is 13.1 Å². The van der Waals surface area contributed by atoms with Crippen LogP contribution in [0.3, 0.4) is 0 Å². The summed E-state index contributed by atoms with van der Waals surface area (Å²) in [4.78, 5) is 22.8. The Morgan fingerprint density at radius 1 is 1.39 bits per heavy atom. The van der Waals surface area contributed by atoms with Gasteiger partial charge in [0.15, 0.2) is 0 Å². The number of hydrogen-bond donors (Lipinski definition) is 4. The fourth-order valence-electron chi connectivity index (χ4n) is 2.51. The van der Waals surface area contributed by atoms with Gasteiger partial charge < -0.3 is 15.7 Å². The molecule has 4 N–H and O–H groups in total. The topological polar surface area (TPSA) is 90.5 Å². The minimum atomic E-state index is -0.744. The predicted octanol–water partition coefficient (Wildman–Crippen LogP) is -1.11. The molecule has 0 spiro atoms. The van der Waals surface area contributed by atoms with E-state index in [1.54, 1.807) is 0 Å². The van der Waals surface area contributed by atoms with Gasteiger partial charge >= 0.3 is 0 Å². The number of nitrogens with one attached hydrogen (secondary N) is 3. The van der Waals surface area contributed by atoms with Gasteiger partial charge in [0.05, 0.1) is 12.1 Å². The third kappa shape index (κ3) is 3.43. The first-order valence-electron chi connectivity index (χ1n) is 6.59. The molecule has 0 aromatic heterocycles. The third-order valence-corrected chi connectivity index (χ3v) is 3.70. The van der Waals surface area contributed by atoms with Crippen molar-refractivity contribution in [1.82, 2.24) is 16.0 Å². The molecule has 0 aromatic carbocycles. The van der Waals surface area contributed by atoms with Crippen LogP contribution in [0.1, 0.15) is 32.1 Å². The SMILES string of the molecule is O=C1CNC(C(=O)NCC2(O)CCCCC2)CN1. The van der Waals surface area contributed by atoms with Crippen LogP contribution < -0.4 is 16.0 Å². The molecule has 6 heteroatoms. The Hall–Kier alpha value is -1.14. The second-order valence-corrected chi connectivity index (χ2v) is 5.24. The second kappa shape index (κ2) is 5.67. The molecule has 1 atom stereocenters. The minimum Gasteiger partial charge on any atom is -0.388 e. The number of piperazine rings is 1. The number of carbonyl (C=O) groups is 2. The average Bonchev–Trinajstić information content (AvgIpc) is 2.38. The van der Waals surface area contributed by atoms with E-state index in [4.69, 9.17) is 0 Å². The van der Waals surface area contributed by atoms with Crippen LogP contribution in [0.4, 0.5) is 0 Å². The first kappa shape index (κ1) is 13.3. The first-order valence-corrected chi connectivity index (χ1v) is 6.59. The molecular formula is C12H21N3O3. The standard InChI is InChI=1S/C12H21N3O3/c16-10-7-13-9(6-14-10)11(17)15-8-12(18)4-2-1-3-5-12/h9,13,18H,1-8H2,(H,14,16)(H,15,17). The molecule has 0 radical (unpaired) electrons. The van der Waals surface area contributed by atoms with Crippen LogP contribution in [0.5, 0.6) is 0 Å². The van der Waals surface area contributed by atoms with Gasteiger partial charge in [0, 0.05) is 13.1 Å². The summed E-state index contributed by atoms with van der Waals surface area (Å²) in [5.74, 6) is -0.251. The van der Waals surface area contributed by atoms with Crippen molar-refractivity contribution >= 4 is 11.8 Å². The van der Waals surface area contributed by atoms with Crippen LogP contribution in [0.25, 0.3) is 0 Å². The van der Waals surface area contributed by atoms with E-state index < -0.39 is 11.6 Å². The summed E-state index contributed by atoms with van der Waals surface area (Å²) in [7, 11) is 0. The Morgan fingerprint density at radius 2 is 2.11 bits per heavy atom. The largest absolute Gasteiger partial charge is 0.388 e. The molecule has 1 aliphatic carbocycles. The van der Waals surface area contributed by atoms with Crippen LogP contribution >= 0.6 is 0 Å². The van der Waals surface area contributed by atoms with E-state index in [-0.39, 0.29) is 18.4 Å². The van der Waals surface area contributed by atoms with Crippen molar-refractivity contribution in [3.8, 4) is 0 Å². The second-order valence-electron chi connectivity index (χ2n) is 5.24. The smallest absolute Gasteiger partial charge is 0.239 e. The fourth-order valence-corrected chi connectivity index (χ4v) is 2.51. The first-order chi connectivity index (χ1) is 8.59. The summed E-state index contributed by atoms with van der Waals surface area (Å²) in [6.07, 6.45) is 4.70. The molecule has 6 nitrogen and oxygen atoms in total. The summed E-state index contributed by atoms with van der Waals surface area (Å²) in [6, 6.07) is -0.394. The Balaban J connectivity index is 1.75. The molecule has 2 fully saturated rings. The highest BCUT2D eigenvalue weighted by atomic mass is 16.3. The maximum atomic E-state index is 11.9. The molecular weight excluding hydrogens is 234 g/mol. The van der Waals surface area contributed by atoms with Gasteiger partial charge in [-0.05, 0) is 12.8 Å². The zero-order valence-corrected chi connectivity index (χ0v) is 10.5. The van der Waals surface area contributed by atoms with Gasteiger partial charge in [-0.2, -0.15) is 0 Å². The highest BCUT2D eigenvalue weighted by Crippen LogP contribution is 2.27. The maximum Gasteiger partial charge on any atom is 0.239 e. The average molecular weight is 255 g/mol. The van der Waals surface area contributed by atoms with Crippen molar-refractivity contribution in [3.05, 3.63) is 0 Å².